The number of rotatable bonds is 5. The molecular formula is C14H18ClFN2O3. The van der Waals surface area contributed by atoms with Crippen LogP contribution in [0.3, 0.4) is 0 Å². The smallest absolute Gasteiger partial charge is 0.313 e. The van der Waals surface area contributed by atoms with Gasteiger partial charge in [-0.15, -0.1) is 0 Å². The Morgan fingerprint density at radius 3 is 2.62 bits per heavy atom. The lowest BCUT2D eigenvalue weighted by Crippen LogP contribution is -2.37. The van der Waals surface area contributed by atoms with E-state index in [1.54, 1.807) is 0 Å². The third kappa shape index (κ3) is 5.69. The molecule has 0 fully saturated rings. The SMILES string of the molecule is CC(C)C(O)CCNC(=O)C(=O)Nc1cc(Cl)ccc1F. The topological polar surface area (TPSA) is 78.4 Å². The maximum absolute atomic E-state index is 13.4. The molecule has 1 unspecified atom stereocenters. The summed E-state index contributed by atoms with van der Waals surface area (Å²) in [7, 11) is 0. The van der Waals surface area contributed by atoms with E-state index >= 15 is 0 Å². The molecular weight excluding hydrogens is 299 g/mol. The first kappa shape index (κ1) is 17.4. The fourth-order valence-electron chi connectivity index (χ4n) is 1.52. The van der Waals surface area contributed by atoms with E-state index in [0.29, 0.717) is 6.42 Å². The summed E-state index contributed by atoms with van der Waals surface area (Å²) in [4.78, 5) is 23.1. The molecule has 2 amide bonds. The lowest BCUT2D eigenvalue weighted by Gasteiger charge is -2.14. The van der Waals surface area contributed by atoms with Crippen LogP contribution in [0.1, 0.15) is 20.3 Å². The number of amides is 2. The summed E-state index contributed by atoms with van der Waals surface area (Å²) >= 11 is 5.68. The van der Waals surface area contributed by atoms with Gasteiger partial charge in [0, 0.05) is 11.6 Å². The van der Waals surface area contributed by atoms with Crippen molar-refractivity contribution < 1.29 is 19.1 Å². The predicted molar refractivity (Wildman–Crippen MR) is 78.5 cm³/mol. The van der Waals surface area contributed by atoms with E-state index < -0.39 is 23.7 Å². The Balaban J connectivity index is 2.48. The molecule has 0 aromatic heterocycles. The van der Waals surface area contributed by atoms with E-state index in [1.807, 2.05) is 13.8 Å². The monoisotopic (exact) mass is 316 g/mol. The molecule has 21 heavy (non-hydrogen) atoms. The van der Waals surface area contributed by atoms with Crippen molar-refractivity contribution in [2.75, 3.05) is 11.9 Å². The van der Waals surface area contributed by atoms with E-state index in [9.17, 15) is 19.1 Å². The van der Waals surface area contributed by atoms with E-state index in [4.69, 9.17) is 11.6 Å². The molecule has 5 nitrogen and oxygen atoms in total. The van der Waals surface area contributed by atoms with E-state index in [-0.39, 0.29) is 23.2 Å². The van der Waals surface area contributed by atoms with Gasteiger partial charge in [-0.25, -0.2) is 4.39 Å². The van der Waals surface area contributed by atoms with Crippen molar-refractivity contribution in [3.8, 4) is 0 Å². The fraction of sp³-hybridized carbons (Fsp3) is 0.429. The largest absolute Gasteiger partial charge is 0.393 e. The van der Waals surface area contributed by atoms with Crippen LogP contribution in [0.25, 0.3) is 0 Å². The van der Waals surface area contributed by atoms with Crippen molar-refractivity contribution in [1.29, 1.82) is 0 Å². The summed E-state index contributed by atoms with van der Waals surface area (Å²) in [5, 5.41) is 14.3. The third-order valence-corrected chi connectivity index (χ3v) is 3.11. The normalized spacial score (nSPS) is 12.1. The molecule has 0 aliphatic carbocycles. The van der Waals surface area contributed by atoms with Crippen LogP contribution in [-0.4, -0.2) is 29.6 Å². The molecule has 0 heterocycles. The minimum absolute atomic E-state index is 0.0660. The number of carbonyl (C=O) groups is 2. The van der Waals surface area contributed by atoms with Gasteiger partial charge in [0.05, 0.1) is 11.8 Å². The minimum Gasteiger partial charge on any atom is -0.393 e. The van der Waals surface area contributed by atoms with Gasteiger partial charge in [0.2, 0.25) is 0 Å². The standard InChI is InChI=1S/C14H18ClFN2O3/c1-8(2)12(19)5-6-17-13(20)14(21)18-11-7-9(15)3-4-10(11)16/h3-4,7-8,12,19H,5-6H2,1-2H3,(H,17,20)(H,18,21). The molecule has 1 aromatic carbocycles. The lowest BCUT2D eigenvalue weighted by molar-refractivity contribution is -0.136. The molecule has 3 N–H and O–H groups in total. The Kier molecular flexibility index (Phi) is 6.58. The highest BCUT2D eigenvalue weighted by atomic mass is 35.5. The van der Waals surface area contributed by atoms with Gasteiger partial charge < -0.3 is 15.7 Å². The third-order valence-electron chi connectivity index (χ3n) is 2.88. The van der Waals surface area contributed by atoms with Crippen LogP contribution in [0.4, 0.5) is 10.1 Å². The number of benzene rings is 1. The number of carbonyl (C=O) groups excluding carboxylic acids is 2. The van der Waals surface area contributed by atoms with Crippen LogP contribution in [-0.2, 0) is 9.59 Å². The van der Waals surface area contributed by atoms with E-state index in [2.05, 4.69) is 10.6 Å². The Morgan fingerprint density at radius 1 is 1.33 bits per heavy atom. The predicted octanol–water partition coefficient (Wildman–Crippen LogP) is 1.94. The highest BCUT2D eigenvalue weighted by Gasteiger charge is 2.16. The maximum atomic E-state index is 13.4. The number of aliphatic hydroxyl groups is 1. The highest BCUT2D eigenvalue weighted by molar-refractivity contribution is 6.39. The molecule has 1 aromatic rings. The van der Waals surface area contributed by atoms with Gasteiger partial charge in [-0.05, 0) is 30.5 Å². The first-order valence-electron chi connectivity index (χ1n) is 6.53. The van der Waals surface area contributed by atoms with Crippen LogP contribution in [0.15, 0.2) is 18.2 Å². The maximum Gasteiger partial charge on any atom is 0.313 e. The van der Waals surface area contributed by atoms with Gasteiger partial charge in [0.15, 0.2) is 0 Å². The quantitative estimate of drug-likeness (QED) is 0.726. The van der Waals surface area contributed by atoms with E-state index in [0.717, 1.165) is 6.07 Å². The molecule has 0 aliphatic rings. The number of anilines is 1. The summed E-state index contributed by atoms with van der Waals surface area (Å²) in [6.07, 6.45) is -0.221. The van der Waals surface area contributed by atoms with Gasteiger partial charge in [-0.3, -0.25) is 9.59 Å². The number of hydrogen-bond donors (Lipinski definition) is 3. The summed E-state index contributed by atoms with van der Waals surface area (Å²) in [5.41, 5.74) is -0.162. The van der Waals surface area contributed by atoms with Crippen LogP contribution < -0.4 is 10.6 Å². The van der Waals surface area contributed by atoms with Gasteiger partial charge in [-0.1, -0.05) is 25.4 Å². The lowest BCUT2D eigenvalue weighted by atomic mass is 10.0. The second-order valence-electron chi connectivity index (χ2n) is 4.93. The number of halogens is 2. The van der Waals surface area contributed by atoms with Crippen molar-refractivity contribution in [3.63, 3.8) is 0 Å². The molecule has 1 atom stereocenters. The Labute approximate surface area is 127 Å². The van der Waals surface area contributed by atoms with Gasteiger partial charge >= 0.3 is 11.8 Å². The molecule has 0 aliphatic heterocycles. The second kappa shape index (κ2) is 7.95. The molecule has 7 heteroatoms. The fourth-order valence-corrected chi connectivity index (χ4v) is 1.69. The summed E-state index contributed by atoms with van der Waals surface area (Å²) in [5.74, 6) is -2.51. The first-order valence-corrected chi connectivity index (χ1v) is 6.91. The summed E-state index contributed by atoms with van der Waals surface area (Å²) < 4.78 is 13.4. The van der Waals surface area contributed by atoms with Gasteiger partial charge in [0.1, 0.15) is 5.82 Å². The Morgan fingerprint density at radius 2 is 2.00 bits per heavy atom. The van der Waals surface area contributed by atoms with Crippen molar-refractivity contribution in [2.24, 2.45) is 5.92 Å². The molecule has 0 spiro atoms. The number of aliphatic hydroxyl groups excluding tert-OH is 1. The highest BCUT2D eigenvalue weighted by Crippen LogP contribution is 2.19. The Hall–Kier alpha value is -1.66. The van der Waals surface area contributed by atoms with Crippen LogP contribution in [0.2, 0.25) is 5.02 Å². The molecule has 1 rings (SSSR count). The minimum atomic E-state index is -0.991. The average molecular weight is 317 g/mol. The van der Waals surface area contributed by atoms with Crippen molar-refractivity contribution in [2.45, 2.75) is 26.4 Å². The van der Waals surface area contributed by atoms with Gasteiger partial charge in [0.25, 0.3) is 0 Å². The second-order valence-corrected chi connectivity index (χ2v) is 5.37. The van der Waals surface area contributed by atoms with Crippen LogP contribution >= 0.6 is 11.6 Å². The zero-order valence-electron chi connectivity index (χ0n) is 11.8. The van der Waals surface area contributed by atoms with Gasteiger partial charge in [-0.2, -0.15) is 0 Å². The summed E-state index contributed by atoms with van der Waals surface area (Å²) in [6, 6.07) is 3.64. The Bertz CT molecular complexity index is 523. The number of nitrogens with one attached hydrogen (secondary N) is 2. The molecule has 0 saturated heterocycles. The van der Waals surface area contributed by atoms with Crippen molar-refractivity contribution in [3.05, 3.63) is 29.0 Å². The average Bonchev–Trinajstić information content (AvgIpc) is 2.42. The van der Waals surface area contributed by atoms with Crippen LogP contribution in [0.5, 0.6) is 0 Å². The first-order chi connectivity index (χ1) is 9.81. The number of hydrogen-bond acceptors (Lipinski definition) is 3. The zero-order valence-corrected chi connectivity index (χ0v) is 12.6. The summed E-state index contributed by atoms with van der Waals surface area (Å²) in [6.45, 7) is 3.85. The van der Waals surface area contributed by atoms with Crippen molar-refractivity contribution in [1.82, 2.24) is 5.32 Å². The molecule has 0 radical (unpaired) electrons. The molecule has 116 valence electrons. The van der Waals surface area contributed by atoms with Crippen molar-refractivity contribution >= 4 is 29.1 Å². The molecule has 0 bridgehead atoms. The zero-order chi connectivity index (χ0) is 16.0. The molecule has 0 saturated carbocycles. The van der Waals surface area contributed by atoms with E-state index in [1.165, 1.54) is 12.1 Å². The van der Waals surface area contributed by atoms with Crippen LogP contribution in [0, 0.1) is 11.7 Å².